The zero-order valence-electron chi connectivity index (χ0n) is 21.2. The van der Waals surface area contributed by atoms with E-state index in [2.05, 4.69) is 79.1 Å². The first kappa shape index (κ1) is 30.4. The first-order valence-electron chi connectivity index (χ1n) is 12.3. The Bertz CT molecular complexity index is 681. The molecule has 0 bridgehead atoms. The van der Waals surface area contributed by atoms with Gasteiger partial charge < -0.3 is 10.1 Å². The summed E-state index contributed by atoms with van der Waals surface area (Å²) in [5, 5.41) is 2.78. The summed E-state index contributed by atoms with van der Waals surface area (Å²) in [5.74, 6) is -0.200. The number of carbonyl (C=O) groups excluding carboxylic acids is 2. The standard InChI is InChI=1S/C29H45NO3/c1-5-6-7-8-9-10-11-12-13-14-15-16-17-18-19-20-21-22-23-24-28(31)30-27(25-26(2)3)29(32)33-4/h6-7,9-10,12-13,15-16,18-19,21-22,26-27H,5,8,11,14,17,20,23-25H2,1-4H3,(H,30,31)/b7-6-,10-9-,13-12-,16-15-,19-18-,22-21-. The molecule has 0 saturated carbocycles. The SMILES string of the molecule is CC/C=C\C/C=C\C/C=C\C/C=C\C/C=C\C/C=C\CCC(=O)NC(CC(C)C)C(=O)OC. The molecule has 0 aliphatic rings. The Morgan fingerprint density at radius 1 is 0.727 bits per heavy atom. The molecule has 0 aromatic carbocycles. The second kappa shape index (κ2) is 22.6. The quantitative estimate of drug-likeness (QED) is 0.176. The molecule has 0 spiro atoms. The van der Waals surface area contributed by atoms with Crippen molar-refractivity contribution in [1.29, 1.82) is 0 Å². The Hall–Kier alpha value is -2.62. The zero-order valence-corrected chi connectivity index (χ0v) is 21.2. The van der Waals surface area contributed by atoms with Gasteiger partial charge in [-0.25, -0.2) is 4.79 Å². The highest BCUT2D eigenvalue weighted by Crippen LogP contribution is 2.07. The molecule has 0 aliphatic carbocycles. The highest BCUT2D eigenvalue weighted by atomic mass is 16.5. The Morgan fingerprint density at radius 3 is 1.55 bits per heavy atom. The Balaban J connectivity index is 3.86. The molecule has 0 saturated heterocycles. The Morgan fingerprint density at radius 2 is 1.15 bits per heavy atom. The first-order valence-corrected chi connectivity index (χ1v) is 12.3. The molecule has 33 heavy (non-hydrogen) atoms. The van der Waals surface area contributed by atoms with Crippen LogP contribution >= 0.6 is 0 Å². The van der Waals surface area contributed by atoms with Gasteiger partial charge in [0.25, 0.3) is 0 Å². The molecular weight excluding hydrogens is 410 g/mol. The third-order valence-corrected chi connectivity index (χ3v) is 4.66. The predicted octanol–water partition coefficient (Wildman–Crippen LogP) is 7.17. The molecule has 4 heteroatoms. The second-order valence-electron chi connectivity index (χ2n) is 8.23. The van der Waals surface area contributed by atoms with Gasteiger partial charge in [0.1, 0.15) is 6.04 Å². The van der Waals surface area contributed by atoms with E-state index in [1.54, 1.807) is 0 Å². The Kier molecular flexibility index (Phi) is 20.8. The monoisotopic (exact) mass is 455 g/mol. The van der Waals surface area contributed by atoms with E-state index in [1.165, 1.54) is 7.11 Å². The van der Waals surface area contributed by atoms with Crippen molar-refractivity contribution in [2.24, 2.45) is 5.92 Å². The third-order valence-electron chi connectivity index (χ3n) is 4.66. The molecule has 4 nitrogen and oxygen atoms in total. The fourth-order valence-corrected chi connectivity index (χ4v) is 2.95. The van der Waals surface area contributed by atoms with Gasteiger partial charge in [0.15, 0.2) is 0 Å². The van der Waals surface area contributed by atoms with E-state index in [9.17, 15) is 9.59 Å². The van der Waals surface area contributed by atoms with Crippen LogP contribution in [-0.4, -0.2) is 25.0 Å². The fourth-order valence-electron chi connectivity index (χ4n) is 2.95. The number of esters is 1. The molecular formula is C29H45NO3. The topological polar surface area (TPSA) is 55.4 Å². The number of hydrogen-bond donors (Lipinski definition) is 1. The van der Waals surface area contributed by atoms with Crippen LogP contribution in [0.4, 0.5) is 0 Å². The van der Waals surface area contributed by atoms with Gasteiger partial charge in [-0.05, 0) is 57.3 Å². The van der Waals surface area contributed by atoms with Crippen molar-refractivity contribution in [3.63, 3.8) is 0 Å². The van der Waals surface area contributed by atoms with E-state index in [1.807, 2.05) is 19.9 Å². The summed E-state index contributed by atoms with van der Waals surface area (Å²) in [6.07, 6.45) is 33.4. The summed E-state index contributed by atoms with van der Waals surface area (Å²) in [6.45, 7) is 6.17. The molecule has 0 aromatic heterocycles. The van der Waals surface area contributed by atoms with Crippen LogP contribution in [0, 0.1) is 5.92 Å². The third kappa shape index (κ3) is 21.0. The lowest BCUT2D eigenvalue weighted by Crippen LogP contribution is -2.42. The lowest BCUT2D eigenvalue weighted by Gasteiger charge is -2.18. The van der Waals surface area contributed by atoms with Gasteiger partial charge in [-0.15, -0.1) is 0 Å². The largest absolute Gasteiger partial charge is 0.467 e. The number of carbonyl (C=O) groups is 2. The van der Waals surface area contributed by atoms with Gasteiger partial charge in [0.2, 0.25) is 5.91 Å². The van der Waals surface area contributed by atoms with Gasteiger partial charge >= 0.3 is 5.97 Å². The van der Waals surface area contributed by atoms with Crippen molar-refractivity contribution >= 4 is 11.9 Å². The van der Waals surface area contributed by atoms with Crippen LogP contribution in [0.25, 0.3) is 0 Å². The maximum atomic E-state index is 12.1. The van der Waals surface area contributed by atoms with Crippen LogP contribution in [0.5, 0.6) is 0 Å². The normalized spacial score (nSPS) is 13.6. The van der Waals surface area contributed by atoms with Crippen LogP contribution in [0.15, 0.2) is 72.9 Å². The minimum atomic E-state index is -0.562. The lowest BCUT2D eigenvalue weighted by atomic mass is 10.0. The molecule has 0 rings (SSSR count). The maximum absolute atomic E-state index is 12.1. The van der Waals surface area contributed by atoms with Crippen LogP contribution in [0.3, 0.4) is 0 Å². The molecule has 184 valence electrons. The molecule has 1 N–H and O–H groups in total. The van der Waals surface area contributed by atoms with E-state index in [0.717, 1.165) is 38.5 Å². The molecule has 0 aromatic rings. The number of rotatable bonds is 18. The van der Waals surface area contributed by atoms with Crippen LogP contribution in [0.1, 0.15) is 78.6 Å². The summed E-state index contributed by atoms with van der Waals surface area (Å²) in [4.78, 5) is 23.8. The number of nitrogens with one attached hydrogen (secondary N) is 1. The van der Waals surface area contributed by atoms with Crippen molar-refractivity contribution in [1.82, 2.24) is 5.32 Å². The van der Waals surface area contributed by atoms with E-state index in [4.69, 9.17) is 4.74 Å². The molecule has 1 unspecified atom stereocenters. The van der Waals surface area contributed by atoms with Gasteiger partial charge in [0, 0.05) is 6.42 Å². The van der Waals surface area contributed by atoms with E-state index in [0.29, 0.717) is 25.2 Å². The predicted molar refractivity (Wildman–Crippen MR) is 141 cm³/mol. The van der Waals surface area contributed by atoms with Crippen molar-refractivity contribution in [2.75, 3.05) is 7.11 Å². The summed E-state index contributed by atoms with van der Waals surface area (Å²) >= 11 is 0. The van der Waals surface area contributed by atoms with Crippen molar-refractivity contribution in [2.45, 2.75) is 84.6 Å². The van der Waals surface area contributed by atoms with Gasteiger partial charge in [-0.3, -0.25) is 4.79 Å². The highest BCUT2D eigenvalue weighted by Gasteiger charge is 2.21. The summed E-state index contributed by atoms with van der Waals surface area (Å²) in [5.41, 5.74) is 0. The van der Waals surface area contributed by atoms with E-state index < -0.39 is 6.04 Å². The first-order chi connectivity index (χ1) is 16.0. The van der Waals surface area contributed by atoms with Gasteiger partial charge in [0.05, 0.1) is 7.11 Å². The minimum absolute atomic E-state index is 0.120. The highest BCUT2D eigenvalue weighted by molar-refractivity contribution is 5.84. The van der Waals surface area contributed by atoms with Crippen LogP contribution < -0.4 is 5.32 Å². The van der Waals surface area contributed by atoms with Gasteiger partial charge in [-0.1, -0.05) is 93.7 Å². The molecule has 0 heterocycles. The summed E-state index contributed by atoms with van der Waals surface area (Å²) in [7, 11) is 1.35. The lowest BCUT2D eigenvalue weighted by molar-refractivity contribution is -0.145. The number of hydrogen-bond acceptors (Lipinski definition) is 3. The van der Waals surface area contributed by atoms with Crippen LogP contribution in [0.2, 0.25) is 0 Å². The number of methoxy groups -OCH3 is 1. The molecule has 0 radical (unpaired) electrons. The molecule has 1 amide bonds. The second-order valence-corrected chi connectivity index (χ2v) is 8.23. The Labute approximate surface area is 202 Å². The molecule has 1 atom stereocenters. The average molecular weight is 456 g/mol. The zero-order chi connectivity index (χ0) is 24.6. The smallest absolute Gasteiger partial charge is 0.328 e. The molecule has 0 aliphatic heterocycles. The maximum Gasteiger partial charge on any atom is 0.328 e. The average Bonchev–Trinajstić information content (AvgIpc) is 2.79. The van der Waals surface area contributed by atoms with Gasteiger partial charge in [-0.2, -0.15) is 0 Å². The molecule has 0 fully saturated rings. The van der Waals surface area contributed by atoms with Crippen molar-refractivity contribution in [3.8, 4) is 0 Å². The van der Waals surface area contributed by atoms with Crippen molar-refractivity contribution < 1.29 is 14.3 Å². The summed E-state index contributed by atoms with van der Waals surface area (Å²) in [6, 6.07) is -0.562. The van der Waals surface area contributed by atoms with E-state index >= 15 is 0 Å². The summed E-state index contributed by atoms with van der Waals surface area (Å²) < 4.78 is 4.77. The van der Waals surface area contributed by atoms with Crippen LogP contribution in [-0.2, 0) is 14.3 Å². The van der Waals surface area contributed by atoms with E-state index in [-0.39, 0.29) is 11.9 Å². The minimum Gasteiger partial charge on any atom is -0.467 e. The van der Waals surface area contributed by atoms with Crippen molar-refractivity contribution in [3.05, 3.63) is 72.9 Å². The number of ether oxygens (including phenoxy) is 1. The number of amides is 1. The fraction of sp³-hybridized carbons (Fsp3) is 0.517. The number of allylic oxidation sites excluding steroid dienone is 12.